The lowest BCUT2D eigenvalue weighted by atomic mass is 10.1. The minimum absolute atomic E-state index is 0.0302. The van der Waals surface area contributed by atoms with Crippen LogP contribution in [0.25, 0.3) is 0 Å². The number of carbonyl (C=O) groups is 1. The highest BCUT2D eigenvalue weighted by atomic mass is 35.5. The number of benzene rings is 2. The summed E-state index contributed by atoms with van der Waals surface area (Å²) >= 11 is 5.84. The van der Waals surface area contributed by atoms with E-state index in [1.807, 2.05) is 37.3 Å². The molecule has 0 heterocycles. The summed E-state index contributed by atoms with van der Waals surface area (Å²) in [5.74, 6) is 0.418. The minimum atomic E-state index is -0.165. The summed E-state index contributed by atoms with van der Waals surface area (Å²) in [7, 11) is 0. The zero-order valence-electron chi connectivity index (χ0n) is 11.2. The second-order valence-corrected chi connectivity index (χ2v) is 4.88. The van der Waals surface area contributed by atoms with Crippen LogP contribution in [0.2, 0.25) is 5.02 Å². The van der Waals surface area contributed by atoms with Crippen molar-refractivity contribution in [3.63, 3.8) is 0 Å². The Hall–Kier alpha value is -2.00. The van der Waals surface area contributed by atoms with Crippen molar-refractivity contribution in [2.75, 3.05) is 6.61 Å². The van der Waals surface area contributed by atoms with Gasteiger partial charge in [-0.3, -0.25) is 4.79 Å². The third-order valence-electron chi connectivity index (χ3n) is 2.84. The van der Waals surface area contributed by atoms with Crippen LogP contribution in [0.1, 0.15) is 18.5 Å². The molecule has 0 aliphatic rings. The summed E-state index contributed by atoms with van der Waals surface area (Å²) in [5, 5.41) is 3.47. The van der Waals surface area contributed by atoms with Crippen LogP contribution in [0.3, 0.4) is 0 Å². The largest absolute Gasteiger partial charge is 0.484 e. The second kappa shape index (κ2) is 6.96. The summed E-state index contributed by atoms with van der Waals surface area (Å²) in [6.07, 6.45) is 0. The van der Waals surface area contributed by atoms with Crippen molar-refractivity contribution in [1.82, 2.24) is 5.32 Å². The van der Waals surface area contributed by atoms with E-state index in [9.17, 15) is 4.79 Å². The molecule has 0 aromatic heterocycles. The molecular formula is C16H16ClNO2. The van der Waals surface area contributed by atoms with E-state index in [1.165, 1.54) is 0 Å². The van der Waals surface area contributed by atoms with Gasteiger partial charge in [-0.25, -0.2) is 0 Å². The van der Waals surface area contributed by atoms with Gasteiger partial charge >= 0.3 is 0 Å². The van der Waals surface area contributed by atoms with Gasteiger partial charge in [0.15, 0.2) is 6.61 Å². The lowest BCUT2D eigenvalue weighted by Gasteiger charge is -2.14. The van der Waals surface area contributed by atoms with Gasteiger partial charge in [-0.05, 0) is 30.7 Å². The summed E-state index contributed by atoms with van der Waals surface area (Å²) in [6.45, 7) is 1.91. The standard InChI is InChI=1S/C16H16ClNO2/c1-12(13-6-3-2-4-7-13)18-16(19)11-20-15-9-5-8-14(17)10-15/h2-10,12H,11H2,1H3,(H,18,19). The van der Waals surface area contributed by atoms with Gasteiger partial charge in [0.25, 0.3) is 5.91 Å². The van der Waals surface area contributed by atoms with Gasteiger partial charge in [-0.1, -0.05) is 48.0 Å². The Morgan fingerprint density at radius 1 is 1.20 bits per heavy atom. The molecule has 2 aromatic carbocycles. The van der Waals surface area contributed by atoms with Gasteiger partial charge in [0, 0.05) is 5.02 Å². The van der Waals surface area contributed by atoms with E-state index in [4.69, 9.17) is 16.3 Å². The topological polar surface area (TPSA) is 38.3 Å². The maximum absolute atomic E-state index is 11.8. The van der Waals surface area contributed by atoms with Crippen molar-refractivity contribution in [3.8, 4) is 5.75 Å². The van der Waals surface area contributed by atoms with Crippen LogP contribution < -0.4 is 10.1 Å². The van der Waals surface area contributed by atoms with Gasteiger partial charge in [0.2, 0.25) is 0 Å². The molecule has 104 valence electrons. The Labute approximate surface area is 123 Å². The fourth-order valence-electron chi connectivity index (χ4n) is 1.81. The van der Waals surface area contributed by atoms with E-state index in [1.54, 1.807) is 24.3 Å². The van der Waals surface area contributed by atoms with E-state index in [2.05, 4.69) is 5.32 Å². The maximum Gasteiger partial charge on any atom is 0.258 e. The highest BCUT2D eigenvalue weighted by molar-refractivity contribution is 6.30. The van der Waals surface area contributed by atoms with Crippen LogP contribution >= 0.6 is 11.6 Å². The molecule has 2 aromatic rings. The summed E-state index contributed by atoms with van der Waals surface area (Å²) < 4.78 is 5.39. The minimum Gasteiger partial charge on any atom is -0.484 e. The van der Waals surface area contributed by atoms with E-state index in [-0.39, 0.29) is 18.6 Å². The molecule has 0 saturated heterocycles. The van der Waals surface area contributed by atoms with Crippen LogP contribution in [-0.4, -0.2) is 12.5 Å². The Morgan fingerprint density at radius 3 is 2.65 bits per heavy atom. The van der Waals surface area contributed by atoms with Gasteiger partial charge in [-0.15, -0.1) is 0 Å². The Balaban J connectivity index is 1.84. The predicted molar refractivity (Wildman–Crippen MR) is 79.9 cm³/mol. The third kappa shape index (κ3) is 4.28. The van der Waals surface area contributed by atoms with Gasteiger partial charge in [0.1, 0.15) is 5.75 Å². The maximum atomic E-state index is 11.8. The number of hydrogen-bond donors (Lipinski definition) is 1. The first-order valence-corrected chi connectivity index (χ1v) is 6.75. The van der Waals surface area contributed by atoms with E-state index < -0.39 is 0 Å². The zero-order chi connectivity index (χ0) is 14.4. The first-order valence-electron chi connectivity index (χ1n) is 6.38. The van der Waals surface area contributed by atoms with Gasteiger partial charge in [0.05, 0.1) is 6.04 Å². The predicted octanol–water partition coefficient (Wildman–Crippen LogP) is 3.60. The second-order valence-electron chi connectivity index (χ2n) is 4.45. The van der Waals surface area contributed by atoms with E-state index in [0.29, 0.717) is 10.8 Å². The molecule has 4 heteroatoms. The lowest BCUT2D eigenvalue weighted by molar-refractivity contribution is -0.123. The number of ether oxygens (including phenoxy) is 1. The van der Waals surface area contributed by atoms with Gasteiger partial charge in [-0.2, -0.15) is 0 Å². The van der Waals surface area contributed by atoms with Gasteiger partial charge < -0.3 is 10.1 Å². The SMILES string of the molecule is CC(NC(=O)COc1cccc(Cl)c1)c1ccccc1. The molecule has 0 aliphatic heterocycles. The summed E-state index contributed by atoms with van der Waals surface area (Å²) in [6, 6.07) is 16.7. The molecule has 1 unspecified atom stereocenters. The molecule has 1 N–H and O–H groups in total. The molecule has 3 nitrogen and oxygen atoms in total. The molecule has 0 bridgehead atoms. The summed E-state index contributed by atoms with van der Waals surface area (Å²) in [5.41, 5.74) is 1.06. The van der Waals surface area contributed by atoms with Crippen LogP contribution in [-0.2, 0) is 4.79 Å². The fraction of sp³-hybridized carbons (Fsp3) is 0.188. The first-order chi connectivity index (χ1) is 9.65. The number of hydrogen-bond acceptors (Lipinski definition) is 2. The van der Waals surface area contributed by atoms with Crippen molar-refractivity contribution in [1.29, 1.82) is 0 Å². The van der Waals surface area contributed by atoms with Crippen molar-refractivity contribution in [3.05, 3.63) is 65.2 Å². The molecule has 2 rings (SSSR count). The van der Waals surface area contributed by atoms with Crippen LogP contribution in [0.5, 0.6) is 5.75 Å². The van der Waals surface area contributed by atoms with Crippen molar-refractivity contribution < 1.29 is 9.53 Å². The molecule has 1 amide bonds. The average molecular weight is 290 g/mol. The Morgan fingerprint density at radius 2 is 1.95 bits per heavy atom. The monoisotopic (exact) mass is 289 g/mol. The summed E-state index contributed by atoms with van der Waals surface area (Å²) in [4.78, 5) is 11.8. The number of nitrogens with one attached hydrogen (secondary N) is 1. The molecular weight excluding hydrogens is 274 g/mol. The Bertz CT molecular complexity index is 572. The lowest BCUT2D eigenvalue weighted by Crippen LogP contribution is -2.31. The molecule has 0 fully saturated rings. The zero-order valence-corrected chi connectivity index (χ0v) is 11.9. The Kier molecular flexibility index (Phi) is 5.02. The highest BCUT2D eigenvalue weighted by Gasteiger charge is 2.09. The third-order valence-corrected chi connectivity index (χ3v) is 3.08. The first kappa shape index (κ1) is 14.4. The average Bonchev–Trinajstić information content (AvgIpc) is 2.46. The van der Waals surface area contributed by atoms with E-state index >= 15 is 0 Å². The van der Waals surface area contributed by atoms with Crippen molar-refractivity contribution in [2.45, 2.75) is 13.0 Å². The normalized spacial score (nSPS) is 11.7. The molecule has 0 saturated carbocycles. The number of amides is 1. The number of halogens is 1. The smallest absolute Gasteiger partial charge is 0.258 e. The number of rotatable bonds is 5. The molecule has 0 radical (unpaired) electrons. The van der Waals surface area contributed by atoms with Crippen molar-refractivity contribution >= 4 is 17.5 Å². The quantitative estimate of drug-likeness (QED) is 0.913. The van der Waals surface area contributed by atoms with Crippen molar-refractivity contribution in [2.24, 2.45) is 0 Å². The molecule has 0 spiro atoms. The molecule has 20 heavy (non-hydrogen) atoms. The highest BCUT2D eigenvalue weighted by Crippen LogP contribution is 2.17. The fourth-order valence-corrected chi connectivity index (χ4v) is 1.99. The molecule has 1 atom stereocenters. The van der Waals surface area contributed by atoms with Crippen LogP contribution in [0, 0.1) is 0 Å². The molecule has 0 aliphatic carbocycles. The van der Waals surface area contributed by atoms with Crippen LogP contribution in [0.15, 0.2) is 54.6 Å². The number of carbonyl (C=O) groups excluding carboxylic acids is 1. The van der Waals surface area contributed by atoms with E-state index in [0.717, 1.165) is 5.56 Å². The van der Waals surface area contributed by atoms with Crippen LogP contribution in [0.4, 0.5) is 0 Å².